The molecule has 43 heavy (non-hydrogen) atoms. The summed E-state index contributed by atoms with van der Waals surface area (Å²) >= 11 is 0. The molecular weight excluding hydrogens is 563 g/mol. The predicted molar refractivity (Wildman–Crippen MR) is 155 cm³/mol. The molecule has 1 aromatic carbocycles. The molecule has 3 aliphatic heterocycles. The molecule has 2 saturated heterocycles. The van der Waals surface area contributed by atoms with E-state index in [1.54, 1.807) is 4.90 Å². The summed E-state index contributed by atoms with van der Waals surface area (Å²) in [6.07, 6.45) is 2.78. The van der Waals surface area contributed by atoms with Gasteiger partial charge in [-0.15, -0.1) is 0 Å². The van der Waals surface area contributed by atoms with Crippen molar-refractivity contribution < 1.29 is 37.3 Å². The fourth-order valence-corrected chi connectivity index (χ4v) is 7.62. The highest BCUT2D eigenvalue weighted by Gasteiger charge is 2.61. The number of nitrogens with one attached hydrogen (secondary N) is 1. The van der Waals surface area contributed by atoms with Gasteiger partial charge in [-0.1, -0.05) is 20.8 Å². The number of halogens is 3. The molecule has 0 bridgehead atoms. The van der Waals surface area contributed by atoms with Crippen LogP contribution < -0.4 is 10.2 Å². The van der Waals surface area contributed by atoms with Gasteiger partial charge in [0.25, 0.3) is 0 Å². The van der Waals surface area contributed by atoms with Crippen LogP contribution in [0.1, 0.15) is 65.4 Å². The number of anilines is 1. The van der Waals surface area contributed by atoms with Crippen molar-refractivity contribution in [2.75, 3.05) is 24.5 Å². The van der Waals surface area contributed by atoms with Crippen LogP contribution in [0.15, 0.2) is 59.4 Å². The van der Waals surface area contributed by atoms with E-state index in [9.17, 15) is 27.9 Å². The highest BCUT2D eigenvalue weighted by molar-refractivity contribution is 5.66. The molecule has 3 heterocycles. The molecule has 3 unspecified atom stereocenters. The van der Waals surface area contributed by atoms with E-state index in [1.165, 1.54) is 12.1 Å². The molecule has 4 aliphatic rings. The van der Waals surface area contributed by atoms with Crippen LogP contribution in [0, 0.1) is 16.7 Å². The van der Waals surface area contributed by atoms with Crippen LogP contribution in [-0.4, -0.2) is 54.3 Å². The van der Waals surface area contributed by atoms with Gasteiger partial charge in [-0.3, -0.25) is 10.1 Å². The summed E-state index contributed by atoms with van der Waals surface area (Å²) in [5.74, 6) is 1.28. The van der Waals surface area contributed by atoms with Gasteiger partial charge in [0.15, 0.2) is 5.88 Å². The Morgan fingerprint density at radius 2 is 1.77 bits per heavy atom. The Bertz CT molecular complexity index is 1320. The second-order valence-electron chi connectivity index (χ2n) is 12.9. The first-order valence-corrected chi connectivity index (χ1v) is 14.9. The number of carboxylic acid groups (broad SMARTS) is 1. The van der Waals surface area contributed by atoms with Crippen LogP contribution >= 0.6 is 0 Å². The Labute approximate surface area is 250 Å². The summed E-state index contributed by atoms with van der Waals surface area (Å²) in [6, 6.07) is 4.91. The summed E-state index contributed by atoms with van der Waals surface area (Å²) in [6.45, 7) is 9.95. The van der Waals surface area contributed by atoms with Gasteiger partial charge in [0.1, 0.15) is 17.6 Å². The molecule has 234 valence electrons. The van der Waals surface area contributed by atoms with Gasteiger partial charge in [0.2, 0.25) is 6.41 Å². The summed E-state index contributed by atoms with van der Waals surface area (Å²) in [5.41, 5.74) is -0.205. The number of likely N-dealkylation sites (tertiary alicyclic amines) is 1. The van der Waals surface area contributed by atoms with E-state index >= 15 is 0 Å². The lowest BCUT2D eigenvalue weighted by Crippen LogP contribution is -2.56. The molecule has 1 aromatic rings. The number of fused-ring (bicyclic) bond motifs is 1. The third kappa shape index (κ3) is 5.58. The molecule has 0 spiro atoms. The van der Waals surface area contributed by atoms with Gasteiger partial charge >= 0.3 is 12.3 Å². The van der Waals surface area contributed by atoms with Crippen LogP contribution in [0.3, 0.4) is 0 Å². The van der Waals surface area contributed by atoms with Gasteiger partial charge in [0.05, 0.1) is 11.0 Å². The van der Waals surface area contributed by atoms with Crippen molar-refractivity contribution in [2.45, 2.75) is 78.1 Å². The molecule has 1 aliphatic carbocycles. The van der Waals surface area contributed by atoms with Gasteiger partial charge in [-0.25, -0.2) is 4.79 Å². The summed E-state index contributed by atoms with van der Waals surface area (Å²) in [5, 5.41) is 12.9. The highest BCUT2D eigenvalue weighted by Crippen LogP contribution is 2.63. The van der Waals surface area contributed by atoms with E-state index in [1.807, 2.05) is 13.0 Å². The number of carbonyl (C=O) groups excluding carboxylic acids is 1. The topological polar surface area (TPSA) is 91.3 Å². The predicted octanol–water partition coefficient (Wildman–Crippen LogP) is 6.66. The van der Waals surface area contributed by atoms with Crippen LogP contribution in [0.2, 0.25) is 0 Å². The maximum atomic E-state index is 13.0. The maximum absolute atomic E-state index is 13.0. The number of amides is 2. The van der Waals surface area contributed by atoms with Crippen molar-refractivity contribution in [2.24, 2.45) is 16.7 Å². The Hall–Kier alpha value is -3.63. The monoisotopic (exact) mass is 603 g/mol. The molecule has 3 atom stereocenters. The quantitative estimate of drug-likeness (QED) is 0.354. The van der Waals surface area contributed by atoms with Crippen molar-refractivity contribution in [1.29, 1.82) is 0 Å². The lowest BCUT2D eigenvalue weighted by molar-refractivity contribution is -0.137. The Morgan fingerprint density at radius 1 is 1.09 bits per heavy atom. The lowest BCUT2D eigenvalue weighted by atomic mass is 9.52. The lowest BCUT2D eigenvalue weighted by Gasteiger charge is -2.53. The van der Waals surface area contributed by atoms with Gasteiger partial charge in [-0.2, -0.15) is 13.2 Å². The van der Waals surface area contributed by atoms with E-state index in [-0.39, 0.29) is 18.1 Å². The molecule has 2 N–H and O–H groups in total. The summed E-state index contributed by atoms with van der Waals surface area (Å²) < 4.78 is 51.8. The molecule has 0 saturated carbocycles. The largest absolute Gasteiger partial charge is 0.490 e. The zero-order valence-corrected chi connectivity index (χ0v) is 25.0. The zero-order valence-electron chi connectivity index (χ0n) is 25.0. The van der Waals surface area contributed by atoms with Gasteiger partial charge < -0.3 is 24.4 Å². The number of hydrogen-bond donors (Lipinski definition) is 2. The van der Waals surface area contributed by atoms with E-state index in [0.717, 1.165) is 36.2 Å². The zero-order chi connectivity index (χ0) is 31.2. The van der Waals surface area contributed by atoms with Crippen molar-refractivity contribution in [1.82, 2.24) is 10.2 Å². The number of rotatable bonds is 6. The Kier molecular flexibility index (Phi) is 8.22. The number of hydrogen-bond acceptors (Lipinski definition) is 5. The fraction of sp³-hybridized carbons (Fsp3) is 0.562. The van der Waals surface area contributed by atoms with E-state index in [0.29, 0.717) is 62.7 Å². The van der Waals surface area contributed by atoms with Crippen molar-refractivity contribution in [3.05, 3.63) is 65.0 Å². The maximum Gasteiger partial charge on any atom is 0.416 e. The fourth-order valence-electron chi connectivity index (χ4n) is 7.62. The molecule has 11 heteroatoms. The molecule has 8 nitrogen and oxygen atoms in total. The SMILES string of the molecule is CC1=C(NC=O)OC2=CC(OC3CCN(c4ccc(C(F)(F)F)cc4)CC3)=CC(C3CCCCN3C(=O)O)C21C(C)(C)C. The Morgan fingerprint density at radius 3 is 2.35 bits per heavy atom. The Balaban J connectivity index is 1.42. The minimum atomic E-state index is -4.37. The summed E-state index contributed by atoms with van der Waals surface area (Å²) in [7, 11) is 0. The van der Waals surface area contributed by atoms with Crippen LogP contribution in [-0.2, 0) is 20.4 Å². The second-order valence-corrected chi connectivity index (χ2v) is 12.9. The number of piperidine rings is 2. The number of benzene rings is 1. The number of carbonyl (C=O) groups is 2. The first-order valence-electron chi connectivity index (χ1n) is 14.9. The van der Waals surface area contributed by atoms with E-state index in [2.05, 4.69) is 37.1 Å². The number of ether oxygens (including phenoxy) is 2. The van der Waals surface area contributed by atoms with Crippen LogP contribution in [0.25, 0.3) is 0 Å². The number of alkyl halides is 3. The van der Waals surface area contributed by atoms with Gasteiger partial charge in [0, 0.05) is 61.8 Å². The average molecular weight is 604 g/mol. The highest BCUT2D eigenvalue weighted by atomic mass is 19.4. The van der Waals surface area contributed by atoms with Crippen molar-refractivity contribution in [3.8, 4) is 0 Å². The smallest absolute Gasteiger partial charge is 0.416 e. The average Bonchev–Trinajstić information content (AvgIpc) is 3.25. The van der Waals surface area contributed by atoms with Crippen LogP contribution in [0.5, 0.6) is 0 Å². The first kappa shape index (κ1) is 30.8. The second kappa shape index (κ2) is 11.5. The summed E-state index contributed by atoms with van der Waals surface area (Å²) in [4.78, 5) is 27.5. The standard InChI is InChI=1S/C32H40F3N3O5/c1-20-28(36-19-39)43-27-18-24(17-25(31(20,27)30(2,3)4)26-7-5-6-14-38(26)29(40)41)42-23-12-15-37(16-13-23)22-10-8-21(9-11-22)32(33,34)35/h8-11,17-19,23,25-26H,5-7,12-16H2,1-4H3,(H,36,39)(H,40,41). The van der Waals surface area contributed by atoms with Crippen molar-refractivity contribution >= 4 is 18.2 Å². The molecular formula is C32H40F3N3O5. The molecule has 0 aromatic heterocycles. The minimum absolute atomic E-state index is 0.137. The normalized spacial score (nSPS) is 26.8. The number of allylic oxidation sites excluding steroid dienone is 2. The number of nitrogens with zero attached hydrogens (tertiary/aromatic N) is 2. The van der Waals surface area contributed by atoms with Crippen molar-refractivity contribution in [3.63, 3.8) is 0 Å². The third-order valence-electron chi connectivity index (χ3n) is 9.54. The molecule has 2 fully saturated rings. The van der Waals surface area contributed by atoms with Gasteiger partial charge in [-0.05, 0) is 61.9 Å². The minimum Gasteiger partial charge on any atom is -0.490 e. The molecule has 2 amide bonds. The first-order chi connectivity index (χ1) is 20.3. The van der Waals surface area contributed by atoms with E-state index in [4.69, 9.17) is 9.47 Å². The van der Waals surface area contributed by atoms with Crippen LogP contribution in [0.4, 0.5) is 23.7 Å². The molecule has 0 radical (unpaired) electrons. The molecule has 5 rings (SSSR count). The van der Waals surface area contributed by atoms with E-state index < -0.39 is 28.7 Å². The third-order valence-corrected chi connectivity index (χ3v) is 9.54.